The molecule has 6 nitrogen and oxygen atoms in total. The Hall–Kier alpha value is -2.52. The van der Waals surface area contributed by atoms with Crippen molar-refractivity contribution in [1.82, 2.24) is 10.2 Å². The number of para-hydroxylation sites is 1. The van der Waals surface area contributed by atoms with Crippen LogP contribution in [0.5, 0.6) is 5.75 Å². The molecule has 33 heavy (non-hydrogen) atoms. The van der Waals surface area contributed by atoms with Crippen molar-refractivity contribution in [2.45, 2.75) is 25.5 Å². The topological polar surface area (TPSA) is 78.9 Å². The Labute approximate surface area is 205 Å². The van der Waals surface area contributed by atoms with Gasteiger partial charge < -0.3 is 15.2 Å². The van der Waals surface area contributed by atoms with E-state index in [2.05, 4.69) is 21.2 Å². The molecule has 0 fully saturated rings. The third-order valence-corrected chi connectivity index (χ3v) is 7.25. The number of nitrogens with zero attached hydrogens (tertiary/aromatic N) is 1. The van der Waals surface area contributed by atoms with Gasteiger partial charge in [-0.3, -0.25) is 14.5 Å². The number of aliphatic hydroxyl groups excluding tert-OH is 1. The minimum Gasteiger partial charge on any atom is -0.493 e. The number of fused-ring (bicyclic) bond motifs is 1. The Bertz CT molecular complexity index is 1100. The summed E-state index contributed by atoms with van der Waals surface area (Å²) in [4.78, 5) is 27.1. The highest BCUT2D eigenvalue weighted by Gasteiger charge is 2.34. The molecular formula is C25H25BrN2O4S. The predicted molar refractivity (Wildman–Crippen MR) is 132 cm³/mol. The number of nitrogens with one attached hydrogen (secondary N) is 1. The maximum absolute atomic E-state index is 12.4. The molecule has 0 bridgehead atoms. The van der Waals surface area contributed by atoms with E-state index < -0.39 is 6.10 Å². The fraction of sp³-hybridized carbons (Fsp3) is 0.280. The zero-order valence-electron chi connectivity index (χ0n) is 18.0. The van der Waals surface area contributed by atoms with E-state index in [1.54, 1.807) is 24.3 Å². The van der Waals surface area contributed by atoms with Gasteiger partial charge in [-0.1, -0.05) is 30.3 Å². The number of rotatable bonds is 11. The van der Waals surface area contributed by atoms with Gasteiger partial charge in [-0.15, -0.1) is 11.3 Å². The quantitative estimate of drug-likeness (QED) is 0.276. The minimum atomic E-state index is -0.559. The third kappa shape index (κ3) is 5.70. The number of thiophene rings is 1. The van der Waals surface area contributed by atoms with Crippen LogP contribution in [0.1, 0.15) is 50.1 Å². The summed E-state index contributed by atoms with van der Waals surface area (Å²) in [6.07, 6.45) is 0.840. The summed E-state index contributed by atoms with van der Waals surface area (Å²) < 4.78 is 6.94. The predicted octanol–water partition coefficient (Wildman–Crippen LogP) is 4.79. The number of unbranched alkanes of at least 4 members (excludes halogenated alkanes) is 1. The maximum atomic E-state index is 12.4. The second kappa shape index (κ2) is 11.1. The van der Waals surface area contributed by atoms with E-state index in [-0.39, 0.29) is 11.8 Å². The number of imide groups is 1. The Balaban J connectivity index is 1.20. The number of hydrogen-bond acceptors (Lipinski definition) is 6. The van der Waals surface area contributed by atoms with Crippen molar-refractivity contribution in [2.75, 3.05) is 19.7 Å². The molecule has 0 radical (unpaired) electrons. The maximum Gasteiger partial charge on any atom is 0.261 e. The molecule has 3 aromatic rings. The van der Waals surface area contributed by atoms with E-state index in [9.17, 15) is 14.7 Å². The van der Waals surface area contributed by atoms with E-state index in [4.69, 9.17) is 4.74 Å². The monoisotopic (exact) mass is 528 g/mol. The summed E-state index contributed by atoms with van der Waals surface area (Å²) in [6, 6.07) is 16.7. The van der Waals surface area contributed by atoms with Crippen molar-refractivity contribution in [1.29, 1.82) is 0 Å². The third-order valence-electron chi connectivity index (χ3n) is 5.45. The van der Waals surface area contributed by atoms with Crippen molar-refractivity contribution in [3.05, 3.63) is 86.0 Å². The number of carbonyl (C=O) groups excluding carboxylic acids is 2. The zero-order chi connectivity index (χ0) is 23.2. The summed E-state index contributed by atoms with van der Waals surface area (Å²) >= 11 is 4.93. The van der Waals surface area contributed by atoms with E-state index in [0.29, 0.717) is 43.8 Å². The fourth-order valence-corrected chi connectivity index (χ4v) is 5.16. The number of ether oxygens (including phenoxy) is 1. The first kappa shape index (κ1) is 23.6. The fourth-order valence-electron chi connectivity index (χ4n) is 3.73. The molecule has 172 valence electrons. The molecule has 2 aromatic carbocycles. The molecule has 1 atom stereocenters. The summed E-state index contributed by atoms with van der Waals surface area (Å²) in [5.41, 5.74) is 1.98. The van der Waals surface area contributed by atoms with Gasteiger partial charge in [0, 0.05) is 39.9 Å². The Morgan fingerprint density at radius 2 is 1.73 bits per heavy atom. The molecule has 0 aliphatic carbocycles. The molecule has 0 saturated heterocycles. The zero-order valence-corrected chi connectivity index (χ0v) is 20.4. The summed E-state index contributed by atoms with van der Waals surface area (Å²) in [5.74, 6) is 0.356. The number of amides is 2. The molecule has 8 heteroatoms. The number of halogens is 1. The summed E-state index contributed by atoms with van der Waals surface area (Å²) in [6.45, 7) is 1.90. The smallest absolute Gasteiger partial charge is 0.261 e. The van der Waals surface area contributed by atoms with Crippen molar-refractivity contribution in [3.8, 4) is 5.75 Å². The van der Waals surface area contributed by atoms with Crippen LogP contribution < -0.4 is 10.1 Å². The minimum absolute atomic E-state index is 0.218. The van der Waals surface area contributed by atoms with E-state index in [1.165, 1.54) is 16.2 Å². The highest BCUT2D eigenvalue weighted by molar-refractivity contribution is 9.10. The first-order valence-corrected chi connectivity index (χ1v) is 12.5. The largest absolute Gasteiger partial charge is 0.493 e. The first-order chi connectivity index (χ1) is 16.0. The van der Waals surface area contributed by atoms with Gasteiger partial charge in [-0.05, 0) is 53.0 Å². The van der Waals surface area contributed by atoms with E-state index in [1.807, 2.05) is 35.7 Å². The highest BCUT2D eigenvalue weighted by Crippen LogP contribution is 2.26. The number of hydrogen-bond donors (Lipinski definition) is 2. The second-order valence-electron chi connectivity index (χ2n) is 7.78. The molecule has 1 aromatic heterocycles. The molecule has 1 aliphatic heterocycles. The molecule has 1 unspecified atom stereocenters. The lowest BCUT2D eigenvalue weighted by Gasteiger charge is -2.15. The van der Waals surface area contributed by atoms with Crippen LogP contribution in [0.25, 0.3) is 0 Å². The van der Waals surface area contributed by atoms with Crippen molar-refractivity contribution >= 4 is 39.1 Å². The average Bonchev–Trinajstić information content (AvgIpc) is 3.37. The van der Waals surface area contributed by atoms with Crippen LogP contribution in [0.3, 0.4) is 0 Å². The lowest BCUT2D eigenvalue weighted by Crippen LogP contribution is -2.30. The van der Waals surface area contributed by atoms with Crippen LogP contribution in [0.4, 0.5) is 0 Å². The SMILES string of the molecule is O=C1c2ccccc2C(=O)N1CCCCOc1ccccc1CNCC(O)c1cc(Br)cs1. The van der Waals surface area contributed by atoms with Crippen LogP contribution in [-0.4, -0.2) is 41.5 Å². The molecular weight excluding hydrogens is 504 g/mol. The standard InChI is InChI=1S/C25H25BrN2O4S/c26-18-13-23(33-16-18)21(29)15-27-14-17-7-1-4-10-22(17)32-12-6-5-11-28-24(30)19-8-2-3-9-20(19)25(28)31/h1-4,7-10,13,16,21,27,29H,5-6,11-12,14-15H2. The number of benzene rings is 2. The van der Waals surface area contributed by atoms with Gasteiger partial charge in [-0.25, -0.2) is 0 Å². The molecule has 2 heterocycles. The molecule has 0 saturated carbocycles. The van der Waals surface area contributed by atoms with Crippen LogP contribution in [0, 0.1) is 0 Å². The van der Waals surface area contributed by atoms with Crippen LogP contribution >= 0.6 is 27.3 Å². The first-order valence-electron chi connectivity index (χ1n) is 10.8. The average molecular weight is 529 g/mol. The van der Waals surface area contributed by atoms with Crippen LogP contribution in [-0.2, 0) is 6.54 Å². The van der Waals surface area contributed by atoms with Gasteiger partial charge in [0.25, 0.3) is 11.8 Å². The highest BCUT2D eigenvalue weighted by atomic mass is 79.9. The normalized spacial score (nSPS) is 13.9. The Kier molecular flexibility index (Phi) is 7.93. The summed E-state index contributed by atoms with van der Waals surface area (Å²) in [7, 11) is 0. The van der Waals surface area contributed by atoms with Crippen molar-refractivity contribution in [3.63, 3.8) is 0 Å². The number of carbonyl (C=O) groups is 2. The van der Waals surface area contributed by atoms with Gasteiger partial charge in [0.05, 0.1) is 17.7 Å². The second-order valence-corrected chi connectivity index (χ2v) is 9.64. The summed E-state index contributed by atoms with van der Waals surface area (Å²) in [5, 5.41) is 15.6. The number of aliphatic hydroxyl groups is 1. The van der Waals surface area contributed by atoms with Gasteiger partial charge >= 0.3 is 0 Å². The molecule has 4 rings (SSSR count). The van der Waals surface area contributed by atoms with Crippen molar-refractivity contribution < 1.29 is 19.4 Å². The molecule has 1 aliphatic rings. The molecule has 0 spiro atoms. The van der Waals surface area contributed by atoms with Crippen LogP contribution in [0.2, 0.25) is 0 Å². The van der Waals surface area contributed by atoms with Gasteiger partial charge in [0.1, 0.15) is 11.9 Å². The van der Waals surface area contributed by atoms with Gasteiger partial charge in [0.2, 0.25) is 0 Å². The van der Waals surface area contributed by atoms with E-state index in [0.717, 1.165) is 27.1 Å². The molecule has 2 amide bonds. The Morgan fingerprint density at radius 3 is 2.42 bits per heavy atom. The van der Waals surface area contributed by atoms with Crippen LogP contribution in [0.15, 0.2) is 64.5 Å². The Morgan fingerprint density at radius 1 is 1.03 bits per heavy atom. The lowest BCUT2D eigenvalue weighted by molar-refractivity contribution is 0.0649. The van der Waals surface area contributed by atoms with Gasteiger partial charge in [0.15, 0.2) is 0 Å². The molecule has 2 N–H and O–H groups in total. The van der Waals surface area contributed by atoms with Gasteiger partial charge in [-0.2, -0.15) is 0 Å². The lowest BCUT2D eigenvalue weighted by atomic mass is 10.1. The van der Waals surface area contributed by atoms with Crippen molar-refractivity contribution in [2.24, 2.45) is 0 Å². The van der Waals surface area contributed by atoms with E-state index >= 15 is 0 Å².